The third-order valence-electron chi connectivity index (χ3n) is 6.24. The number of aryl methyl sites for hydroxylation is 3. The Morgan fingerprint density at radius 1 is 1.29 bits per heavy atom. The number of benzene rings is 1. The van der Waals surface area contributed by atoms with Gasteiger partial charge in [0.2, 0.25) is 0 Å². The maximum absolute atomic E-state index is 13.6. The number of aromatic nitrogens is 3. The van der Waals surface area contributed by atoms with Crippen LogP contribution < -0.4 is 5.73 Å². The van der Waals surface area contributed by atoms with Crippen LogP contribution in [0.5, 0.6) is 0 Å². The van der Waals surface area contributed by atoms with Crippen molar-refractivity contribution in [2.24, 2.45) is 11.7 Å². The van der Waals surface area contributed by atoms with E-state index in [1.807, 2.05) is 24.8 Å². The molecule has 1 aliphatic carbocycles. The quantitative estimate of drug-likeness (QED) is 0.569. The van der Waals surface area contributed by atoms with Gasteiger partial charge in [-0.3, -0.25) is 9.48 Å². The average Bonchev–Trinajstić information content (AvgIpc) is 3.12. The van der Waals surface area contributed by atoms with Crippen molar-refractivity contribution in [3.63, 3.8) is 0 Å². The van der Waals surface area contributed by atoms with Crippen molar-refractivity contribution in [2.75, 3.05) is 6.54 Å². The van der Waals surface area contributed by atoms with E-state index in [1.165, 1.54) is 29.7 Å². The van der Waals surface area contributed by atoms with Crippen LogP contribution in [0.3, 0.4) is 0 Å². The predicted molar refractivity (Wildman–Crippen MR) is 127 cm³/mol. The maximum atomic E-state index is 13.6. The van der Waals surface area contributed by atoms with Gasteiger partial charge < -0.3 is 15.7 Å². The van der Waals surface area contributed by atoms with Crippen molar-refractivity contribution in [3.05, 3.63) is 58.2 Å². The summed E-state index contributed by atoms with van der Waals surface area (Å²) in [6.45, 7) is 6.66. The molecular formula is C24H28FN5O3S. The molecule has 1 aliphatic heterocycles. The summed E-state index contributed by atoms with van der Waals surface area (Å²) in [5, 5.41) is 13.4. The summed E-state index contributed by atoms with van der Waals surface area (Å²) in [6, 6.07) is 6.75. The number of aromatic carboxylic acids is 1. The standard InChI is InChI=1S/C17H18FN3OS.C7H10N2O2/c1-9-20-15(16(23-9)10-3-2-4-12(18)5-10)17(22)21-13(8-19)6-11-7-14(11)21;1-3-9-4-6(7(10)11)5(2)8-9/h2-5,11,13-14H,6-8,19H2,1H3;4H,3H2,1-2H3,(H,10,11)/t11-,13+,14+;/m1./s1. The number of carboxylic acids is 1. The second-order valence-corrected chi connectivity index (χ2v) is 9.81. The highest BCUT2D eigenvalue weighted by molar-refractivity contribution is 7.15. The molecule has 3 N–H and O–H groups in total. The molecule has 3 heterocycles. The lowest BCUT2D eigenvalue weighted by atomic mass is 10.1. The topological polar surface area (TPSA) is 114 Å². The molecule has 0 radical (unpaired) electrons. The minimum absolute atomic E-state index is 0.0611. The van der Waals surface area contributed by atoms with Crippen LogP contribution in [0, 0.1) is 25.6 Å². The van der Waals surface area contributed by atoms with Crippen LogP contribution in [0.25, 0.3) is 10.4 Å². The second kappa shape index (κ2) is 9.63. The van der Waals surface area contributed by atoms with Gasteiger partial charge in [0.1, 0.15) is 17.1 Å². The van der Waals surface area contributed by atoms with Gasteiger partial charge in [-0.1, -0.05) is 12.1 Å². The average molecular weight is 486 g/mol. The molecule has 1 amide bonds. The van der Waals surface area contributed by atoms with Gasteiger partial charge in [0.15, 0.2) is 0 Å². The van der Waals surface area contributed by atoms with Crippen molar-refractivity contribution in [3.8, 4) is 10.4 Å². The number of hydrogen-bond donors (Lipinski definition) is 2. The molecule has 0 spiro atoms. The summed E-state index contributed by atoms with van der Waals surface area (Å²) < 4.78 is 15.2. The SMILES string of the molecule is CCn1cc(C(=O)O)c(C)n1.Cc1nc(C(=O)N2[C@H](CN)C[C@@H]3C[C@@H]32)c(-c2cccc(F)c2)s1. The van der Waals surface area contributed by atoms with E-state index in [0.717, 1.165) is 22.7 Å². The molecular weight excluding hydrogens is 457 g/mol. The molecule has 2 fully saturated rings. The number of carbonyl (C=O) groups excluding carboxylic acids is 1. The largest absolute Gasteiger partial charge is 0.478 e. The fourth-order valence-electron chi connectivity index (χ4n) is 4.50. The first-order valence-corrected chi connectivity index (χ1v) is 12.1. The number of amides is 1. The van der Waals surface area contributed by atoms with Gasteiger partial charge in [-0.15, -0.1) is 11.3 Å². The van der Waals surface area contributed by atoms with E-state index in [4.69, 9.17) is 10.8 Å². The molecule has 2 aromatic heterocycles. The van der Waals surface area contributed by atoms with Crippen molar-refractivity contribution in [1.29, 1.82) is 0 Å². The third kappa shape index (κ3) is 4.74. The van der Waals surface area contributed by atoms with Crippen molar-refractivity contribution in [2.45, 2.75) is 52.2 Å². The molecule has 5 rings (SSSR count). The number of halogens is 1. The summed E-state index contributed by atoms with van der Waals surface area (Å²) in [5.74, 6) is -0.684. The molecule has 0 unspecified atom stereocenters. The molecule has 1 saturated heterocycles. The van der Waals surface area contributed by atoms with Gasteiger partial charge in [-0.25, -0.2) is 14.2 Å². The Morgan fingerprint density at radius 2 is 2.06 bits per heavy atom. The Labute approximate surface area is 201 Å². The highest BCUT2D eigenvalue weighted by Crippen LogP contribution is 2.48. The van der Waals surface area contributed by atoms with Crippen LogP contribution in [0.1, 0.15) is 51.3 Å². The second-order valence-electron chi connectivity index (χ2n) is 8.61. The number of nitrogens with two attached hydrogens (primary N) is 1. The lowest BCUT2D eigenvalue weighted by molar-refractivity contribution is 0.0689. The molecule has 10 heteroatoms. The van der Waals surface area contributed by atoms with Gasteiger partial charge in [0.25, 0.3) is 5.91 Å². The molecule has 3 atom stereocenters. The Balaban J connectivity index is 0.000000210. The molecule has 8 nitrogen and oxygen atoms in total. The Kier molecular flexibility index (Phi) is 6.81. The predicted octanol–water partition coefficient (Wildman–Crippen LogP) is 3.73. The molecule has 3 aromatic rings. The number of rotatable bonds is 5. The van der Waals surface area contributed by atoms with Crippen LogP contribution in [-0.4, -0.2) is 55.3 Å². The first-order valence-electron chi connectivity index (χ1n) is 11.3. The minimum atomic E-state index is -0.915. The van der Waals surface area contributed by atoms with Gasteiger partial charge in [-0.05, 0) is 57.2 Å². The molecule has 180 valence electrons. The fraction of sp³-hybridized carbons (Fsp3) is 0.417. The van der Waals surface area contributed by atoms with Gasteiger partial charge in [0.05, 0.1) is 15.6 Å². The number of nitrogens with zero attached hydrogens (tertiary/aromatic N) is 4. The van der Waals surface area contributed by atoms with Crippen molar-refractivity contribution < 1.29 is 19.1 Å². The third-order valence-corrected chi connectivity index (χ3v) is 7.26. The Bertz CT molecular complexity index is 1220. The molecule has 1 aromatic carbocycles. The van der Waals surface area contributed by atoms with E-state index < -0.39 is 5.97 Å². The number of likely N-dealkylation sites (tertiary alicyclic amines) is 1. The van der Waals surface area contributed by atoms with E-state index in [0.29, 0.717) is 42.0 Å². The number of hydrogen-bond acceptors (Lipinski definition) is 6. The van der Waals surface area contributed by atoms with Crippen LogP contribution in [-0.2, 0) is 6.54 Å². The van der Waals surface area contributed by atoms with Gasteiger partial charge in [0, 0.05) is 31.4 Å². The van der Waals surface area contributed by atoms with E-state index in [2.05, 4.69) is 10.1 Å². The summed E-state index contributed by atoms with van der Waals surface area (Å²) in [6.07, 6.45) is 3.60. The minimum Gasteiger partial charge on any atom is -0.478 e. The highest BCUT2D eigenvalue weighted by atomic mass is 32.1. The maximum Gasteiger partial charge on any atom is 0.339 e. The van der Waals surface area contributed by atoms with Crippen LogP contribution in [0.15, 0.2) is 30.5 Å². The zero-order valence-electron chi connectivity index (χ0n) is 19.4. The summed E-state index contributed by atoms with van der Waals surface area (Å²) in [7, 11) is 0. The lowest BCUT2D eigenvalue weighted by Crippen LogP contribution is -2.42. The monoisotopic (exact) mass is 485 g/mol. The zero-order valence-corrected chi connectivity index (χ0v) is 20.2. The Morgan fingerprint density at radius 3 is 2.65 bits per heavy atom. The number of fused-ring (bicyclic) bond motifs is 1. The fourth-order valence-corrected chi connectivity index (χ4v) is 5.40. The number of carboxylic acid groups (broad SMARTS) is 1. The normalized spacial score (nSPS) is 20.5. The summed E-state index contributed by atoms with van der Waals surface area (Å²) >= 11 is 1.43. The van der Waals surface area contributed by atoms with Crippen molar-refractivity contribution in [1.82, 2.24) is 19.7 Å². The molecule has 34 heavy (non-hydrogen) atoms. The van der Waals surface area contributed by atoms with E-state index in [-0.39, 0.29) is 23.3 Å². The summed E-state index contributed by atoms with van der Waals surface area (Å²) in [5.41, 5.74) is 7.83. The van der Waals surface area contributed by atoms with Crippen LogP contribution >= 0.6 is 11.3 Å². The highest BCUT2D eigenvalue weighted by Gasteiger charge is 2.54. The molecule has 2 aliphatic rings. The van der Waals surface area contributed by atoms with Crippen LogP contribution in [0.4, 0.5) is 4.39 Å². The van der Waals surface area contributed by atoms with E-state index in [1.54, 1.807) is 17.7 Å². The van der Waals surface area contributed by atoms with Gasteiger partial charge in [-0.2, -0.15) is 5.10 Å². The number of piperidine rings is 1. The lowest BCUT2D eigenvalue weighted by Gasteiger charge is -2.26. The van der Waals surface area contributed by atoms with Gasteiger partial charge >= 0.3 is 5.97 Å². The van der Waals surface area contributed by atoms with Crippen LogP contribution in [0.2, 0.25) is 0 Å². The summed E-state index contributed by atoms with van der Waals surface area (Å²) in [4.78, 5) is 30.7. The Hall–Kier alpha value is -3.11. The zero-order chi connectivity index (χ0) is 24.6. The number of carbonyl (C=O) groups is 2. The molecule has 0 bridgehead atoms. The smallest absolute Gasteiger partial charge is 0.339 e. The van der Waals surface area contributed by atoms with E-state index in [9.17, 15) is 14.0 Å². The van der Waals surface area contributed by atoms with E-state index >= 15 is 0 Å². The first kappa shape index (κ1) is 24.0. The first-order chi connectivity index (χ1) is 16.2. The molecule has 1 saturated carbocycles. The van der Waals surface area contributed by atoms with Crippen molar-refractivity contribution >= 4 is 23.2 Å². The number of thiazole rings is 1.